The van der Waals surface area contributed by atoms with Gasteiger partial charge in [-0.3, -0.25) is 4.79 Å². The van der Waals surface area contributed by atoms with Crippen molar-refractivity contribution >= 4 is 5.91 Å². The molecular formula is C12H22N2O. The molecule has 15 heavy (non-hydrogen) atoms. The predicted molar refractivity (Wildman–Crippen MR) is 60.6 cm³/mol. The van der Waals surface area contributed by atoms with Crippen molar-refractivity contribution in [1.29, 1.82) is 0 Å². The van der Waals surface area contributed by atoms with Gasteiger partial charge in [-0.2, -0.15) is 0 Å². The van der Waals surface area contributed by atoms with Crippen LogP contribution in [0.4, 0.5) is 0 Å². The molecule has 0 radical (unpaired) electrons. The van der Waals surface area contributed by atoms with Crippen molar-refractivity contribution < 1.29 is 4.79 Å². The number of amides is 1. The molecular weight excluding hydrogens is 188 g/mol. The van der Waals surface area contributed by atoms with Crippen molar-refractivity contribution in [1.82, 2.24) is 10.6 Å². The summed E-state index contributed by atoms with van der Waals surface area (Å²) in [7, 11) is 0. The Labute approximate surface area is 92.0 Å². The van der Waals surface area contributed by atoms with E-state index in [1.807, 2.05) is 0 Å². The quantitative estimate of drug-likeness (QED) is 0.740. The van der Waals surface area contributed by atoms with Crippen LogP contribution in [0.2, 0.25) is 0 Å². The van der Waals surface area contributed by atoms with E-state index in [1.165, 1.54) is 19.3 Å². The first-order valence-electron chi connectivity index (χ1n) is 6.14. The van der Waals surface area contributed by atoms with Crippen LogP contribution in [0, 0.1) is 5.41 Å². The van der Waals surface area contributed by atoms with E-state index in [0.717, 1.165) is 25.9 Å². The zero-order valence-corrected chi connectivity index (χ0v) is 9.86. The molecule has 1 saturated heterocycles. The topological polar surface area (TPSA) is 41.1 Å². The van der Waals surface area contributed by atoms with Crippen LogP contribution in [0.15, 0.2) is 0 Å². The molecule has 1 aliphatic carbocycles. The molecule has 86 valence electrons. The molecule has 2 rings (SSSR count). The lowest BCUT2D eigenvalue weighted by molar-refractivity contribution is -0.132. The molecule has 1 atom stereocenters. The lowest BCUT2D eigenvalue weighted by atomic mass is 9.73. The highest BCUT2D eigenvalue weighted by atomic mass is 16.2. The minimum atomic E-state index is -0.169. The van der Waals surface area contributed by atoms with Gasteiger partial charge >= 0.3 is 0 Å². The van der Waals surface area contributed by atoms with Gasteiger partial charge in [-0.15, -0.1) is 0 Å². The monoisotopic (exact) mass is 210 g/mol. The second-order valence-electron chi connectivity index (χ2n) is 5.43. The largest absolute Gasteiger partial charge is 0.350 e. The Bertz CT molecular complexity index is 247. The molecule has 2 aliphatic rings. The summed E-state index contributed by atoms with van der Waals surface area (Å²) in [6, 6.07) is 0. The van der Waals surface area contributed by atoms with Gasteiger partial charge in [-0.1, -0.05) is 6.92 Å². The number of nitrogens with one attached hydrogen (secondary N) is 2. The Morgan fingerprint density at radius 2 is 2.13 bits per heavy atom. The standard InChI is InChI=1S/C12H22N2O/c1-3-12(5-4-6-12)14-10(15)11(2)7-8-13-9-11/h13H,3-9H2,1-2H3,(H,14,15). The summed E-state index contributed by atoms with van der Waals surface area (Å²) < 4.78 is 0. The molecule has 1 saturated carbocycles. The second-order valence-corrected chi connectivity index (χ2v) is 5.43. The first-order chi connectivity index (χ1) is 7.10. The third-order valence-corrected chi connectivity index (χ3v) is 4.28. The van der Waals surface area contributed by atoms with E-state index in [9.17, 15) is 4.79 Å². The molecule has 3 heteroatoms. The van der Waals surface area contributed by atoms with Gasteiger partial charge in [-0.05, 0) is 45.6 Å². The Balaban J connectivity index is 1.96. The normalized spacial score (nSPS) is 33.5. The van der Waals surface area contributed by atoms with Crippen molar-refractivity contribution in [3.63, 3.8) is 0 Å². The third-order valence-electron chi connectivity index (χ3n) is 4.28. The average molecular weight is 210 g/mol. The van der Waals surface area contributed by atoms with E-state index in [0.29, 0.717) is 0 Å². The van der Waals surface area contributed by atoms with E-state index in [2.05, 4.69) is 24.5 Å². The number of carbonyl (C=O) groups excluding carboxylic acids is 1. The van der Waals surface area contributed by atoms with Crippen LogP contribution in [0.25, 0.3) is 0 Å². The van der Waals surface area contributed by atoms with Gasteiger partial charge in [-0.25, -0.2) is 0 Å². The Morgan fingerprint density at radius 1 is 1.40 bits per heavy atom. The highest BCUT2D eigenvalue weighted by Gasteiger charge is 2.42. The fourth-order valence-corrected chi connectivity index (χ4v) is 2.57. The maximum Gasteiger partial charge on any atom is 0.227 e. The van der Waals surface area contributed by atoms with Crippen molar-refractivity contribution in [3.8, 4) is 0 Å². The van der Waals surface area contributed by atoms with Crippen LogP contribution in [-0.2, 0) is 4.79 Å². The van der Waals surface area contributed by atoms with Crippen LogP contribution < -0.4 is 10.6 Å². The van der Waals surface area contributed by atoms with Crippen molar-refractivity contribution in [3.05, 3.63) is 0 Å². The van der Waals surface area contributed by atoms with Gasteiger partial charge in [0.25, 0.3) is 0 Å². The molecule has 3 nitrogen and oxygen atoms in total. The van der Waals surface area contributed by atoms with Crippen LogP contribution in [0.1, 0.15) is 46.0 Å². The van der Waals surface area contributed by atoms with Gasteiger partial charge in [0.2, 0.25) is 5.91 Å². The summed E-state index contributed by atoms with van der Waals surface area (Å²) in [4.78, 5) is 12.2. The van der Waals surface area contributed by atoms with Gasteiger partial charge in [0.1, 0.15) is 0 Å². The zero-order valence-electron chi connectivity index (χ0n) is 9.86. The highest BCUT2D eigenvalue weighted by molar-refractivity contribution is 5.83. The lowest BCUT2D eigenvalue weighted by Gasteiger charge is -2.43. The maximum atomic E-state index is 12.2. The van der Waals surface area contributed by atoms with E-state index >= 15 is 0 Å². The number of rotatable bonds is 3. The number of carbonyl (C=O) groups is 1. The van der Waals surface area contributed by atoms with E-state index in [1.54, 1.807) is 0 Å². The summed E-state index contributed by atoms with van der Waals surface area (Å²) in [5.41, 5.74) is -0.0273. The molecule has 0 spiro atoms. The van der Waals surface area contributed by atoms with Crippen LogP contribution in [0.3, 0.4) is 0 Å². The summed E-state index contributed by atoms with van der Waals surface area (Å²) in [5, 5.41) is 6.56. The maximum absolute atomic E-state index is 12.2. The Morgan fingerprint density at radius 3 is 2.53 bits per heavy atom. The Kier molecular flexibility index (Phi) is 2.75. The van der Waals surface area contributed by atoms with Crippen LogP contribution >= 0.6 is 0 Å². The van der Waals surface area contributed by atoms with Gasteiger partial charge in [0.05, 0.1) is 5.41 Å². The minimum Gasteiger partial charge on any atom is -0.350 e. The first kappa shape index (κ1) is 10.9. The molecule has 1 heterocycles. The smallest absolute Gasteiger partial charge is 0.227 e. The van der Waals surface area contributed by atoms with E-state index in [-0.39, 0.29) is 16.9 Å². The van der Waals surface area contributed by atoms with Crippen molar-refractivity contribution in [2.45, 2.75) is 51.5 Å². The summed E-state index contributed by atoms with van der Waals surface area (Å²) in [6.45, 7) is 6.06. The fraction of sp³-hybridized carbons (Fsp3) is 0.917. The van der Waals surface area contributed by atoms with E-state index in [4.69, 9.17) is 0 Å². The van der Waals surface area contributed by atoms with Gasteiger partial charge in [0.15, 0.2) is 0 Å². The fourth-order valence-electron chi connectivity index (χ4n) is 2.57. The summed E-state index contributed by atoms with van der Waals surface area (Å²) in [6.07, 6.45) is 5.64. The van der Waals surface area contributed by atoms with Gasteiger partial charge < -0.3 is 10.6 Å². The molecule has 0 aromatic heterocycles. The molecule has 1 unspecified atom stereocenters. The third kappa shape index (κ3) is 1.89. The van der Waals surface area contributed by atoms with Gasteiger partial charge in [0, 0.05) is 12.1 Å². The molecule has 0 bridgehead atoms. The summed E-state index contributed by atoms with van der Waals surface area (Å²) in [5.74, 6) is 0.258. The predicted octanol–water partition coefficient (Wildman–Crippen LogP) is 1.43. The Hall–Kier alpha value is -0.570. The molecule has 2 fully saturated rings. The minimum absolute atomic E-state index is 0.142. The average Bonchev–Trinajstić information content (AvgIpc) is 2.60. The lowest BCUT2D eigenvalue weighted by Crippen LogP contribution is -2.57. The molecule has 2 N–H and O–H groups in total. The second kappa shape index (κ2) is 3.78. The SMILES string of the molecule is CCC1(NC(=O)C2(C)CCNC2)CCC1. The number of hydrogen-bond acceptors (Lipinski definition) is 2. The van der Waals surface area contributed by atoms with Crippen molar-refractivity contribution in [2.24, 2.45) is 5.41 Å². The van der Waals surface area contributed by atoms with E-state index < -0.39 is 0 Å². The molecule has 0 aromatic rings. The van der Waals surface area contributed by atoms with Crippen molar-refractivity contribution in [2.75, 3.05) is 13.1 Å². The number of hydrogen-bond donors (Lipinski definition) is 2. The molecule has 0 aromatic carbocycles. The summed E-state index contributed by atoms with van der Waals surface area (Å²) >= 11 is 0. The zero-order chi connectivity index (χ0) is 10.9. The van der Waals surface area contributed by atoms with Crippen LogP contribution in [-0.4, -0.2) is 24.5 Å². The van der Waals surface area contributed by atoms with Crippen LogP contribution in [0.5, 0.6) is 0 Å². The molecule has 1 amide bonds. The molecule has 1 aliphatic heterocycles. The first-order valence-corrected chi connectivity index (χ1v) is 6.14. The highest BCUT2D eigenvalue weighted by Crippen LogP contribution is 2.36.